The number of benzene rings is 1. The third kappa shape index (κ3) is 3.01. The molecule has 0 saturated carbocycles. The van der Waals surface area contributed by atoms with Gasteiger partial charge in [0.15, 0.2) is 0 Å². The molecule has 3 rings (SSSR count). The van der Waals surface area contributed by atoms with E-state index < -0.39 is 10.8 Å². The predicted molar refractivity (Wildman–Crippen MR) is 75.9 cm³/mol. The summed E-state index contributed by atoms with van der Waals surface area (Å²) in [4.78, 5) is 3.93. The van der Waals surface area contributed by atoms with Gasteiger partial charge < -0.3 is 5.32 Å². The van der Waals surface area contributed by atoms with Crippen LogP contribution < -0.4 is 5.32 Å². The van der Waals surface area contributed by atoms with E-state index in [2.05, 4.69) is 15.4 Å². The lowest BCUT2D eigenvalue weighted by atomic mass is 10.1. The van der Waals surface area contributed by atoms with Crippen LogP contribution in [0.2, 0.25) is 0 Å². The molecule has 2 heterocycles. The van der Waals surface area contributed by atoms with Crippen molar-refractivity contribution in [1.82, 2.24) is 14.8 Å². The Morgan fingerprint density at radius 3 is 2.58 bits per heavy atom. The third-order valence-corrected chi connectivity index (χ3v) is 4.69. The molecule has 1 fully saturated rings. The first kappa shape index (κ1) is 12.3. The quantitative estimate of drug-likeness (QED) is 0.925. The van der Waals surface area contributed by atoms with Crippen LogP contribution in [-0.4, -0.2) is 36.5 Å². The molecule has 19 heavy (non-hydrogen) atoms. The smallest absolute Gasteiger partial charge is 0.138 e. The summed E-state index contributed by atoms with van der Waals surface area (Å²) >= 11 is 0. The lowest BCUT2D eigenvalue weighted by Crippen LogP contribution is -2.29. The van der Waals surface area contributed by atoms with Gasteiger partial charge in [0.2, 0.25) is 0 Å². The molecule has 2 aromatic rings. The fraction of sp³-hybridized carbons (Fsp3) is 0.385. The molecule has 1 aliphatic rings. The van der Waals surface area contributed by atoms with Crippen LogP contribution in [0, 0.1) is 0 Å². The maximum atomic E-state index is 11.3. The molecule has 1 N–H and O–H groups in total. The fourth-order valence-corrected chi connectivity index (χ4v) is 3.52. The normalized spacial score (nSPS) is 23.2. The molecule has 0 spiro atoms. The van der Waals surface area contributed by atoms with Gasteiger partial charge in [-0.2, -0.15) is 5.10 Å². The molecule has 1 aromatic heterocycles. The Labute approximate surface area is 114 Å². The lowest BCUT2D eigenvalue weighted by molar-refractivity contribution is 0.624. The Morgan fingerprint density at radius 2 is 1.95 bits per heavy atom. The van der Waals surface area contributed by atoms with E-state index in [1.54, 1.807) is 11.0 Å². The number of hydrogen-bond donors (Lipinski definition) is 1. The molecule has 6 heteroatoms. The SMILES string of the molecule is O=S1CCC(Nc2ccc(-n3cncn3)cc2)CC1. The Hall–Kier alpha value is -1.69. The summed E-state index contributed by atoms with van der Waals surface area (Å²) in [6, 6.07) is 8.55. The Bertz CT molecular complexity index is 543. The van der Waals surface area contributed by atoms with Crippen LogP contribution in [0.1, 0.15) is 12.8 Å². The van der Waals surface area contributed by atoms with Crippen molar-refractivity contribution in [3.05, 3.63) is 36.9 Å². The first-order valence-electron chi connectivity index (χ1n) is 6.38. The predicted octanol–water partition coefficient (Wildman–Crippen LogP) is 1.59. The minimum Gasteiger partial charge on any atom is -0.382 e. The van der Waals surface area contributed by atoms with Gasteiger partial charge in [-0.3, -0.25) is 4.21 Å². The summed E-state index contributed by atoms with van der Waals surface area (Å²) in [6.07, 6.45) is 5.17. The van der Waals surface area contributed by atoms with E-state index in [0.29, 0.717) is 6.04 Å². The number of aromatic nitrogens is 3. The van der Waals surface area contributed by atoms with Crippen LogP contribution in [0.5, 0.6) is 0 Å². The average Bonchev–Trinajstić information content (AvgIpc) is 2.96. The van der Waals surface area contributed by atoms with Crippen molar-refractivity contribution < 1.29 is 4.21 Å². The van der Waals surface area contributed by atoms with Crippen molar-refractivity contribution in [1.29, 1.82) is 0 Å². The highest BCUT2D eigenvalue weighted by Gasteiger charge is 2.17. The van der Waals surface area contributed by atoms with E-state index in [1.807, 2.05) is 24.3 Å². The van der Waals surface area contributed by atoms with Crippen LogP contribution in [0.4, 0.5) is 5.69 Å². The number of rotatable bonds is 3. The summed E-state index contributed by atoms with van der Waals surface area (Å²) in [6.45, 7) is 0. The molecule has 1 aromatic carbocycles. The summed E-state index contributed by atoms with van der Waals surface area (Å²) in [5.74, 6) is 1.63. The highest BCUT2D eigenvalue weighted by Crippen LogP contribution is 2.17. The van der Waals surface area contributed by atoms with Crippen LogP contribution in [0.3, 0.4) is 0 Å². The number of hydrogen-bond acceptors (Lipinski definition) is 4. The number of nitrogens with zero attached hydrogens (tertiary/aromatic N) is 3. The largest absolute Gasteiger partial charge is 0.382 e. The highest BCUT2D eigenvalue weighted by atomic mass is 32.2. The standard InChI is InChI=1S/C13H16N4OS/c18-19-7-5-12(6-8-19)16-11-1-3-13(4-2-11)17-10-14-9-15-17/h1-4,9-10,12,16H,5-8H2. The van der Waals surface area contributed by atoms with Crippen molar-refractivity contribution in [2.45, 2.75) is 18.9 Å². The first-order chi connectivity index (χ1) is 9.31. The lowest BCUT2D eigenvalue weighted by Gasteiger charge is -2.23. The molecule has 0 amide bonds. The van der Waals surface area contributed by atoms with Crippen LogP contribution >= 0.6 is 0 Å². The van der Waals surface area contributed by atoms with Crippen molar-refractivity contribution in [2.24, 2.45) is 0 Å². The van der Waals surface area contributed by atoms with E-state index >= 15 is 0 Å². The van der Waals surface area contributed by atoms with Crippen LogP contribution in [-0.2, 0) is 10.8 Å². The van der Waals surface area contributed by atoms with E-state index in [1.165, 1.54) is 6.33 Å². The monoisotopic (exact) mass is 276 g/mol. The van der Waals surface area contributed by atoms with Crippen molar-refractivity contribution in [3.8, 4) is 5.69 Å². The second-order valence-corrected chi connectivity index (χ2v) is 6.35. The summed E-state index contributed by atoms with van der Waals surface area (Å²) < 4.78 is 13.0. The molecular formula is C13H16N4OS. The van der Waals surface area contributed by atoms with Crippen molar-refractivity contribution >= 4 is 16.5 Å². The molecule has 1 aliphatic heterocycles. The molecule has 0 bridgehead atoms. The maximum Gasteiger partial charge on any atom is 0.138 e. The third-order valence-electron chi connectivity index (χ3n) is 3.31. The Balaban J connectivity index is 1.65. The second-order valence-electron chi connectivity index (χ2n) is 4.65. The Kier molecular flexibility index (Phi) is 3.59. The molecule has 1 saturated heterocycles. The minimum atomic E-state index is -0.601. The number of anilines is 1. The average molecular weight is 276 g/mol. The van der Waals surface area contributed by atoms with Gasteiger partial charge in [-0.1, -0.05) is 0 Å². The molecule has 0 aliphatic carbocycles. The van der Waals surface area contributed by atoms with Gasteiger partial charge in [0.05, 0.1) is 5.69 Å². The number of nitrogens with one attached hydrogen (secondary N) is 1. The zero-order valence-electron chi connectivity index (χ0n) is 10.5. The van der Waals surface area contributed by atoms with E-state index in [4.69, 9.17) is 0 Å². The first-order valence-corrected chi connectivity index (χ1v) is 7.86. The molecular weight excluding hydrogens is 260 g/mol. The van der Waals surface area contributed by atoms with Gasteiger partial charge in [0.1, 0.15) is 12.7 Å². The second kappa shape index (κ2) is 5.52. The van der Waals surface area contributed by atoms with Gasteiger partial charge in [0, 0.05) is 34.0 Å². The summed E-state index contributed by atoms with van der Waals surface area (Å²) in [7, 11) is -0.601. The molecule has 0 unspecified atom stereocenters. The van der Waals surface area contributed by atoms with Crippen LogP contribution in [0.25, 0.3) is 5.69 Å². The fourth-order valence-electron chi connectivity index (χ4n) is 2.23. The van der Waals surface area contributed by atoms with E-state index in [9.17, 15) is 4.21 Å². The molecule has 0 radical (unpaired) electrons. The van der Waals surface area contributed by atoms with Crippen LogP contribution in [0.15, 0.2) is 36.9 Å². The van der Waals surface area contributed by atoms with Gasteiger partial charge in [-0.05, 0) is 37.1 Å². The zero-order chi connectivity index (χ0) is 13.1. The van der Waals surface area contributed by atoms with E-state index in [-0.39, 0.29) is 0 Å². The van der Waals surface area contributed by atoms with Gasteiger partial charge in [-0.15, -0.1) is 0 Å². The molecule has 0 atom stereocenters. The minimum absolute atomic E-state index is 0.440. The maximum absolute atomic E-state index is 11.3. The summed E-state index contributed by atoms with van der Waals surface area (Å²) in [5, 5.41) is 7.59. The van der Waals surface area contributed by atoms with Crippen molar-refractivity contribution in [3.63, 3.8) is 0 Å². The summed E-state index contributed by atoms with van der Waals surface area (Å²) in [5.41, 5.74) is 2.09. The molecule has 100 valence electrons. The van der Waals surface area contributed by atoms with Gasteiger partial charge in [-0.25, -0.2) is 9.67 Å². The highest BCUT2D eigenvalue weighted by molar-refractivity contribution is 7.85. The van der Waals surface area contributed by atoms with E-state index in [0.717, 1.165) is 35.7 Å². The Morgan fingerprint density at radius 1 is 1.21 bits per heavy atom. The molecule has 5 nitrogen and oxygen atoms in total. The van der Waals surface area contributed by atoms with Crippen molar-refractivity contribution in [2.75, 3.05) is 16.8 Å². The topological polar surface area (TPSA) is 59.8 Å². The van der Waals surface area contributed by atoms with Gasteiger partial charge >= 0.3 is 0 Å². The zero-order valence-corrected chi connectivity index (χ0v) is 11.3. The van der Waals surface area contributed by atoms with Gasteiger partial charge in [0.25, 0.3) is 0 Å².